The van der Waals surface area contributed by atoms with Gasteiger partial charge < -0.3 is 4.74 Å². The molecule has 1 aliphatic rings. The van der Waals surface area contributed by atoms with Gasteiger partial charge in [0, 0.05) is 5.92 Å². The summed E-state index contributed by atoms with van der Waals surface area (Å²) in [6.45, 7) is 2.15. The predicted molar refractivity (Wildman–Crippen MR) is 68.4 cm³/mol. The van der Waals surface area contributed by atoms with E-state index in [0.717, 1.165) is 25.7 Å². The number of hydrogen-bond donors (Lipinski definition) is 0. The second-order valence-electron chi connectivity index (χ2n) is 4.99. The fraction of sp³-hybridized carbons (Fsp3) is 0.533. The van der Waals surface area contributed by atoms with Gasteiger partial charge in [0.25, 0.3) is 0 Å². The lowest BCUT2D eigenvalue weighted by atomic mass is 9.94. The van der Waals surface area contributed by atoms with Crippen LogP contribution in [0.25, 0.3) is 0 Å². The van der Waals surface area contributed by atoms with E-state index in [0.29, 0.717) is 17.2 Å². The first-order valence-electron chi connectivity index (χ1n) is 6.53. The molecule has 18 heavy (non-hydrogen) atoms. The highest BCUT2D eigenvalue weighted by molar-refractivity contribution is 6.00. The minimum atomic E-state index is -0.385. The molecule has 1 saturated carbocycles. The molecule has 1 aromatic rings. The number of benzene rings is 1. The maximum Gasteiger partial charge on any atom is 0.169 e. The van der Waals surface area contributed by atoms with Crippen LogP contribution < -0.4 is 4.74 Å². The molecule has 1 aromatic carbocycles. The van der Waals surface area contributed by atoms with Gasteiger partial charge in [-0.1, -0.05) is 13.3 Å². The van der Waals surface area contributed by atoms with Crippen molar-refractivity contribution in [2.75, 3.05) is 7.11 Å². The summed E-state index contributed by atoms with van der Waals surface area (Å²) in [5.41, 5.74) is 0.388. The zero-order valence-electron chi connectivity index (χ0n) is 10.9. The van der Waals surface area contributed by atoms with Crippen molar-refractivity contribution >= 4 is 5.78 Å². The number of carbonyl (C=O) groups is 1. The molecule has 0 heterocycles. The van der Waals surface area contributed by atoms with Gasteiger partial charge in [0.15, 0.2) is 5.78 Å². The van der Waals surface area contributed by atoms with E-state index in [9.17, 15) is 9.18 Å². The maximum absolute atomic E-state index is 13.3. The molecular weight excluding hydrogens is 231 g/mol. The summed E-state index contributed by atoms with van der Waals surface area (Å²) in [5, 5.41) is 0. The van der Waals surface area contributed by atoms with Gasteiger partial charge in [-0.15, -0.1) is 0 Å². The molecule has 2 nitrogen and oxygen atoms in total. The summed E-state index contributed by atoms with van der Waals surface area (Å²) in [6.07, 6.45) is 4.06. The molecule has 1 aliphatic carbocycles. The van der Waals surface area contributed by atoms with Crippen molar-refractivity contribution in [3.63, 3.8) is 0 Å². The third kappa shape index (κ3) is 2.55. The van der Waals surface area contributed by atoms with Crippen LogP contribution in [0, 0.1) is 17.7 Å². The number of methoxy groups -OCH3 is 1. The Bertz CT molecular complexity index is 442. The summed E-state index contributed by atoms with van der Waals surface area (Å²) in [5.74, 6) is 0.789. The predicted octanol–water partition coefficient (Wildman–Crippen LogP) is 3.84. The standard InChI is InChI=1S/C15H19FO2/c1-3-10-4-5-11(8-10)15(17)13-9-12(16)6-7-14(13)18-2/h6-7,9-11H,3-5,8H2,1-2H3. The van der Waals surface area contributed by atoms with Gasteiger partial charge in [-0.2, -0.15) is 0 Å². The Morgan fingerprint density at radius 1 is 1.44 bits per heavy atom. The highest BCUT2D eigenvalue weighted by atomic mass is 19.1. The van der Waals surface area contributed by atoms with Crippen molar-refractivity contribution in [2.24, 2.45) is 11.8 Å². The summed E-state index contributed by atoms with van der Waals surface area (Å²) in [6, 6.07) is 4.13. The highest BCUT2D eigenvalue weighted by Gasteiger charge is 2.30. The first-order chi connectivity index (χ1) is 8.65. The normalized spacial score (nSPS) is 23.1. The summed E-state index contributed by atoms with van der Waals surface area (Å²) in [7, 11) is 1.51. The van der Waals surface area contributed by atoms with Crippen molar-refractivity contribution in [3.8, 4) is 5.75 Å². The van der Waals surface area contributed by atoms with E-state index in [2.05, 4.69) is 6.92 Å². The SMILES string of the molecule is CCC1CCC(C(=O)c2cc(F)ccc2OC)C1. The van der Waals surface area contributed by atoms with E-state index in [1.54, 1.807) is 0 Å². The molecule has 0 aromatic heterocycles. The third-order valence-electron chi connectivity index (χ3n) is 3.92. The van der Waals surface area contributed by atoms with Crippen molar-refractivity contribution < 1.29 is 13.9 Å². The van der Waals surface area contributed by atoms with Crippen molar-refractivity contribution in [1.29, 1.82) is 0 Å². The lowest BCUT2D eigenvalue weighted by Crippen LogP contribution is -2.13. The Hall–Kier alpha value is -1.38. The second-order valence-corrected chi connectivity index (χ2v) is 4.99. The van der Waals surface area contributed by atoms with E-state index in [4.69, 9.17) is 4.74 Å². The number of rotatable bonds is 4. The van der Waals surface area contributed by atoms with E-state index in [-0.39, 0.29) is 17.5 Å². The number of ether oxygens (including phenoxy) is 1. The molecule has 0 saturated heterocycles. The number of carbonyl (C=O) groups excluding carboxylic acids is 1. The lowest BCUT2D eigenvalue weighted by molar-refractivity contribution is 0.0916. The molecule has 3 heteroatoms. The Labute approximate surface area is 107 Å². The molecule has 0 N–H and O–H groups in total. The van der Waals surface area contributed by atoms with Gasteiger partial charge in [0.05, 0.1) is 12.7 Å². The summed E-state index contributed by atoms with van der Waals surface area (Å²) in [4.78, 5) is 12.4. The van der Waals surface area contributed by atoms with Gasteiger partial charge in [0.2, 0.25) is 0 Å². The minimum Gasteiger partial charge on any atom is -0.496 e. The zero-order chi connectivity index (χ0) is 13.1. The molecule has 2 rings (SSSR count). The minimum absolute atomic E-state index is 0.0299. The highest BCUT2D eigenvalue weighted by Crippen LogP contribution is 2.36. The molecular formula is C15H19FO2. The van der Waals surface area contributed by atoms with Crippen LogP contribution in [-0.4, -0.2) is 12.9 Å². The quantitative estimate of drug-likeness (QED) is 0.759. The lowest BCUT2D eigenvalue weighted by Gasteiger charge is -2.12. The molecule has 0 bridgehead atoms. The summed E-state index contributed by atoms with van der Waals surface area (Å²) >= 11 is 0. The largest absolute Gasteiger partial charge is 0.496 e. The van der Waals surface area contributed by atoms with Crippen LogP contribution in [0.1, 0.15) is 43.0 Å². The topological polar surface area (TPSA) is 26.3 Å². The second kappa shape index (κ2) is 5.51. The van der Waals surface area contributed by atoms with Crippen LogP contribution in [0.5, 0.6) is 5.75 Å². The maximum atomic E-state index is 13.3. The number of ketones is 1. The third-order valence-corrected chi connectivity index (χ3v) is 3.92. The Morgan fingerprint density at radius 3 is 2.83 bits per heavy atom. The summed E-state index contributed by atoms with van der Waals surface area (Å²) < 4.78 is 18.4. The molecule has 2 atom stereocenters. The average molecular weight is 250 g/mol. The first kappa shape index (κ1) is 13.1. The van der Waals surface area contributed by atoms with E-state index in [1.807, 2.05) is 0 Å². The Kier molecular flexibility index (Phi) is 4.00. The average Bonchev–Trinajstić information content (AvgIpc) is 2.86. The van der Waals surface area contributed by atoms with E-state index in [1.165, 1.54) is 25.3 Å². The Morgan fingerprint density at radius 2 is 2.22 bits per heavy atom. The first-order valence-corrected chi connectivity index (χ1v) is 6.53. The van der Waals surface area contributed by atoms with E-state index >= 15 is 0 Å². The van der Waals surface area contributed by atoms with Crippen LogP contribution in [0.4, 0.5) is 4.39 Å². The molecule has 1 fully saturated rings. The van der Waals surface area contributed by atoms with Crippen LogP contribution in [0.3, 0.4) is 0 Å². The van der Waals surface area contributed by atoms with Gasteiger partial charge in [-0.05, 0) is 43.4 Å². The van der Waals surface area contributed by atoms with Crippen LogP contribution in [0.2, 0.25) is 0 Å². The van der Waals surface area contributed by atoms with E-state index < -0.39 is 0 Å². The van der Waals surface area contributed by atoms with Crippen molar-refractivity contribution in [1.82, 2.24) is 0 Å². The van der Waals surface area contributed by atoms with Gasteiger partial charge in [0.1, 0.15) is 11.6 Å². The fourth-order valence-corrected chi connectivity index (χ4v) is 2.78. The number of hydrogen-bond acceptors (Lipinski definition) is 2. The fourth-order valence-electron chi connectivity index (χ4n) is 2.78. The van der Waals surface area contributed by atoms with Crippen molar-refractivity contribution in [3.05, 3.63) is 29.6 Å². The Balaban J connectivity index is 2.21. The molecule has 0 radical (unpaired) electrons. The van der Waals surface area contributed by atoms with Gasteiger partial charge in [-0.25, -0.2) is 4.39 Å². The number of halogens is 1. The monoisotopic (exact) mass is 250 g/mol. The number of Topliss-reactive ketones (excluding diaryl/α,β-unsaturated/α-hetero) is 1. The van der Waals surface area contributed by atoms with Crippen molar-refractivity contribution in [2.45, 2.75) is 32.6 Å². The molecule has 98 valence electrons. The molecule has 0 spiro atoms. The van der Waals surface area contributed by atoms with Gasteiger partial charge >= 0.3 is 0 Å². The van der Waals surface area contributed by atoms with Crippen LogP contribution in [0.15, 0.2) is 18.2 Å². The van der Waals surface area contributed by atoms with Crippen LogP contribution >= 0.6 is 0 Å². The molecule has 2 unspecified atom stereocenters. The zero-order valence-corrected chi connectivity index (χ0v) is 10.9. The van der Waals surface area contributed by atoms with Gasteiger partial charge in [-0.3, -0.25) is 4.79 Å². The smallest absolute Gasteiger partial charge is 0.169 e. The molecule has 0 aliphatic heterocycles. The van der Waals surface area contributed by atoms with Crippen LogP contribution in [-0.2, 0) is 0 Å². The molecule has 0 amide bonds.